The van der Waals surface area contributed by atoms with E-state index in [4.69, 9.17) is 16.3 Å². The first kappa shape index (κ1) is 21.0. The van der Waals surface area contributed by atoms with Crippen LogP contribution in [0.3, 0.4) is 0 Å². The maximum absolute atomic E-state index is 12.9. The molecule has 0 atom stereocenters. The molecule has 7 heteroatoms. The van der Waals surface area contributed by atoms with Gasteiger partial charge >= 0.3 is 0 Å². The summed E-state index contributed by atoms with van der Waals surface area (Å²) >= 11 is 6.05. The fourth-order valence-electron chi connectivity index (χ4n) is 3.42. The molecule has 1 N–H and O–H groups in total. The van der Waals surface area contributed by atoms with Gasteiger partial charge in [0.25, 0.3) is 11.8 Å². The van der Waals surface area contributed by atoms with Gasteiger partial charge in [0.15, 0.2) is 0 Å². The average molecular weight is 416 g/mol. The number of ether oxygens (including phenoxy) is 1. The normalized spacial score (nSPS) is 14.4. The van der Waals surface area contributed by atoms with Gasteiger partial charge < -0.3 is 19.9 Å². The number of piperidine rings is 1. The molecule has 3 rings (SSSR count). The fraction of sp³-hybridized carbons (Fsp3) is 0.364. The van der Waals surface area contributed by atoms with Gasteiger partial charge in [0, 0.05) is 49.5 Å². The first-order chi connectivity index (χ1) is 13.9. The van der Waals surface area contributed by atoms with Crippen LogP contribution in [0, 0.1) is 0 Å². The molecular weight excluding hydrogens is 390 g/mol. The number of anilines is 1. The van der Waals surface area contributed by atoms with Crippen molar-refractivity contribution in [3.8, 4) is 5.75 Å². The number of amides is 2. The average Bonchev–Trinajstić information content (AvgIpc) is 2.73. The monoisotopic (exact) mass is 415 g/mol. The second-order valence-corrected chi connectivity index (χ2v) is 7.76. The Morgan fingerprint density at radius 1 is 1.10 bits per heavy atom. The molecule has 1 fully saturated rings. The number of carbonyl (C=O) groups excluding carboxylic acids is 2. The molecule has 2 aromatic rings. The van der Waals surface area contributed by atoms with Crippen LogP contribution >= 0.6 is 11.6 Å². The summed E-state index contributed by atoms with van der Waals surface area (Å²) in [5.74, 6) is 0.320. The zero-order valence-corrected chi connectivity index (χ0v) is 17.7. The van der Waals surface area contributed by atoms with Crippen molar-refractivity contribution in [1.29, 1.82) is 0 Å². The van der Waals surface area contributed by atoms with Gasteiger partial charge in [0.2, 0.25) is 0 Å². The fourth-order valence-corrected chi connectivity index (χ4v) is 3.60. The molecule has 2 amide bonds. The Bertz CT molecular complexity index is 875. The van der Waals surface area contributed by atoms with Crippen molar-refractivity contribution in [2.75, 3.05) is 39.2 Å². The minimum absolute atomic E-state index is 0.0429. The lowest BCUT2D eigenvalue weighted by atomic mass is 10.0. The summed E-state index contributed by atoms with van der Waals surface area (Å²) in [6.07, 6.45) is 1.41. The number of hydrogen-bond acceptors (Lipinski definition) is 4. The molecule has 1 heterocycles. The molecule has 0 unspecified atom stereocenters. The standard InChI is InChI=1S/C22H26ClN3O3/c1-25(2)18-7-4-15(5-8-18)21(27)24-17-10-12-26(13-11-17)22(28)19-14-16(23)6-9-20(19)29-3/h4-9,14,17H,10-13H2,1-3H3,(H,24,27). The van der Waals surface area contributed by atoms with E-state index in [-0.39, 0.29) is 17.9 Å². The van der Waals surface area contributed by atoms with Gasteiger partial charge in [-0.1, -0.05) is 11.6 Å². The van der Waals surface area contributed by atoms with Crippen molar-refractivity contribution in [1.82, 2.24) is 10.2 Å². The summed E-state index contributed by atoms with van der Waals surface area (Å²) < 4.78 is 5.29. The minimum Gasteiger partial charge on any atom is -0.496 e. The third-order valence-electron chi connectivity index (χ3n) is 5.16. The Kier molecular flexibility index (Phi) is 6.64. The van der Waals surface area contributed by atoms with Crippen LogP contribution in [0.4, 0.5) is 5.69 Å². The summed E-state index contributed by atoms with van der Waals surface area (Å²) in [6.45, 7) is 1.14. The number of methoxy groups -OCH3 is 1. The van der Waals surface area contributed by atoms with Crippen LogP contribution in [0.25, 0.3) is 0 Å². The van der Waals surface area contributed by atoms with E-state index in [0.717, 1.165) is 5.69 Å². The van der Waals surface area contributed by atoms with Gasteiger partial charge in [-0.15, -0.1) is 0 Å². The maximum atomic E-state index is 12.9. The molecule has 0 saturated carbocycles. The summed E-state index contributed by atoms with van der Waals surface area (Å²) in [6, 6.07) is 12.6. The Morgan fingerprint density at radius 3 is 2.34 bits per heavy atom. The zero-order valence-electron chi connectivity index (χ0n) is 16.9. The van der Waals surface area contributed by atoms with Crippen molar-refractivity contribution in [3.63, 3.8) is 0 Å². The van der Waals surface area contributed by atoms with Gasteiger partial charge in [-0.3, -0.25) is 9.59 Å². The molecular formula is C22H26ClN3O3. The van der Waals surface area contributed by atoms with Crippen LogP contribution in [-0.2, 0) is 0 Å². The number of nitrogens with one attached hydrogen (secondary N) is 1. The first-order valence-electron chi connectivity index (χ1n) is 9.60. The molecule has 1 aliphatic heterocycles. The van der Waals surface area contributed by atoms with E-state index < -0.39 is 0 Å². The number of rotatable bonds is 5. The topological polar surface area (TPSA) is 61.9 Å². The predicted molar refractivity (Wildman–Crippen MR) is 115 cm³/mol. The molecule has 0 aliphatic carbocycles. The van der Waals surface area contributed by atoms with Crippen molar-refractivity contribution < 1.29 is 14.3 Å². The molecule has 6 nitrogen and oxygen atoms in total. The van der Waals surface area contributed by atoms with Gasteiger partial charge in [-0.05, 0) is 55.3 Å². The van der Waals surface area contributed by atoms with E-state index in [1.807, 2.05) is 43.3 Å². The van der Waals surface area contributed by atoms with Gasteiger partial charge in [-0.2, -0.15) is 0 Å². The smallest absolute Gasteiger partial charge is 0.257 e. The van der Waals surface area contributed by atoms with Crippen LogP contribution < -0.4 is 15.0 Å². The lowest BCUT2D eigenvalue weighted by Crippen LogP contribution is -2.46. The highest BCUT2D eigenvalue weighted by atomic mass is 35.5. The predicted octanol–water partition coefficient (Wildman–Crippen LogP) is 3.45. The van der Waals surface area contributed by atoms with E-state index in [0.29, 0.717) is 47.8 Å². The van der Waals surface area contributed by atoms with Gasteiger partial charge in [-0.25, -0.2) is 0 Å². The Morgan fingerprint density at radius 2 is 1.76 bits per heavy atom. The highest BCUT2D eigenvalue weighted by molar-refractivity contribution is 6.31. The van der Waals surface area contributed by atoms with Gasteiger partial charge in [0.1, 0.15) is 5.75 Å². The van der Waals surface area contributed by atoms with Crippen LogP contribution in [0.1, 0.15) is 33.6 Å². The molecule has 0 bridgehead atoms. The molecule has 1 saturated heterocycles. The molecule has 1 aliphatic rings. The number of halogens is 1. The zero-order chi connectivity index (χ0) is 21.0. The second kappa shape index (κ2) is 9.18. The number of nitrogens with zero attached hydrogens (tertiary/aromatic N) is 2. The number of benzene rings is 2. The summed E-state index contributed by atoms with van der Waals surface area (Å²) in [5, 5.41) is 3.58. The molecule has 0 aromatic heterocycles. The van der Waals surface area contributed by atoms with Crippen molar-refractivity contribution >= 4 is 29.1 Å². The van der Waals surface area contributed by atoms with E-state index >= 15 is 0 Å². The van der Waals surface area contributed by atoms with E-state index in [9.17, 15) is 9.59 Å². The second-order valence-electron chi connectivity index (χ2n) is 7.33. The Labute approximate surface area is 176 Å². The van der Waals surface area contributed by atoms with Crippen LogP contribution in [0.15, 0.2) is 42.5 Å². The Hall–Kier alpha value is -2.73. The summed E-state index contributed by atoms with van der Waals surface area (Å²) in [5.41, 5.74) is 2.14. The lowest BCUT2D eigenvalue weighted by Gasteiger charge is -2.32. The number of hydrogen-bond donors (Lipinski definition) is 1. The third-order valence-corrected chi connectivity index (χ3v) is 5.39. The van der Waals surface area contributed by atoms with Crippen molar-refractivity contribution in [3.05, 3.63) is 58.6 Å². The minimum atomic E-state index is -0.103. The SMILES string of the molecule is COc1ccc(Cl)cc1C(=O)N1CCC(NC(=O)c2ccc(N(C)C)cc2)CC1. The molecule has 0 spiro atoms. The molecule has 29 heavy (non-hydrogen) atoms. The highest BCUT2D eigenvalue weighted by Gasteiger charge is 2.26. The van der Waals surface area contributed by atoms with Crippen molar-refractivity contribution in [2.24, 2.45) is 0 Å². The van der Waals surface area contributed by atoms with E-state index in [1.165, 1.54) is 7.11 Å². The number of likely N-dealkylation sites (tertiary alicyclic amines) is 1. The van der Waals surface area contributed by atoms with E-state index in [2.05, 4.69) is 5.32 Å². The first-order valence-corrected chi connectivity index (χ1v) is 9.98. The van der Waals surface area contributed by atoms with Crippen LogP contribution in [0.2, 0.25) is 5.02 Å². The van der Waals surface area contributed by atoms with Crippen molar-refractivity contribution in [2.45, 2.75) is 18.9 Å². The molecule has 154 valence electrons. The lowest BCUT2D eigenvalue weighted by molar-refractivity contribution is 0.0695. The third kappa shape index (κ3) is 5.01. The molecule has 2 aromatic carbocycles. The van der Waals surface area contributed by atoms with Crippen LogP contribution in [0.5, 0.6) is 5.75 Å². The summed E-state index contributed by atoms with van der Waals surface area (Å²) in [4.78, 5) is 29.2. The maximum Gasteiger partial charge on any atom is 0.257 e. The van der Waals surface area contributed by atoms with Gasteiger partial charge in [0.05, 0.1) is 12.7 Å². The Balaban J connectivity index is 1.57. The summed E-state index contributed by atoms with van der Waals surface area (Å²) in [7, 11) is 5.46. The molecule has 0 radical (unpaired) electrons. The van der Waals surface area contributed by atoms with Crippen LogP contribution in [-0.4, -0.2) is 57.1 Å². The largest absolute Gasteiger partial charge is 0.496 e. The number of carbonyl (C=O) groups is 2. The highest BCUT2D eigenvalue weighted by Crippen LogP contribution is 2.25. The van der Waals surface area contributed by atoms with E-state index in [1.54, 1.807) is 23.1 Å². The quantitative estimate of drug-likeness (QED) is 0.812.